The molecular formula is C16H22N2O3. The molecule has 21 heavy (non-hydrogen) atoms. The van der Waals surface area contributed by atoms with Gasteiger partial charge in [-0.1, -0.05) is 18.2 Å². The van der Waals surface area contributed by atoms with Crippen LogP contribution in [0.1, 0.15) is 12.8 Å². The summed E-state index contributed by atoms with van der Waals surface area (Å²) in [5.74, 6) is 0.798. The zero-order valence-electron chi connectivity index (χ0n) is 12.2. The molecule has 1 aromatic carbocycles. The minimum atomic E-state index is 0.0591. The van der Waals surface area contributed by atoms with E-state index in [0.29, 0.717) is 12.1 Å². The summed E-state index contributed by atoms with van der Waals surface area (Å²) >= 11 is 0. The lowest BCUT2D eigenvalue weighted by molar-refractivity contribution is -0.138. The van der Waals surface area contributed by atoms with Crippen LogP contribution in [0.25, 0.3) is 0 Å². The predicted molar refractivity (Wildman–Crippen MR) is 79.3 cm³/mol. The Morgan fingerprint density at radius 1 is 1.19 bits per heavy atom. The molecule has 5 heteroatoms. The van der Waals surface area contributed by atoms with Gasteiger partial charge in [0.1, 0.15) is 5.75 Å². The number of nitrogens with zero attached hydrogens (tertiary/aromatic N) is 1. The third-order valence-electron chi connectivity index (χ3n) is 4.03. The standard InChI is InChI=1S/C16H22N2O3/c19-16(12-21-15-4-2-1-3-5-15)18-10-14(11-18)17-13-6-8-20-9-7-13/h1-5,13-14,17H,6-12H2. The molecule has 1 amide bonds. The van der Waals surface area contributed by atoms with Gasteiger partial charge in [-0.3, -0.25) is 4.79 Å². The van der Waals surface area contributed by atoms with Crippen LogP contribution in [0, 0.1) is 0 Å². The number of hydrogen-bond acceptors (Lipinski definition) is 4. The summed E-state index contributed by atoms with van der Waals surface area (Å²) in [6.45, 7) is 3.38. The molecule has 114 valence electrons. The van der Waals surface area contributed by atoms with Gasteiger partial charge in [0.25, 0.3) is 5.91 Å². The highest BCUT2D eigenvalue weighted by atomic mass is 16.5. The SMILES string of the molecule is O=C(COc1ccccc1)N1CC(NC2CCOCC2)C1. The first-order valence-electron chi connectivity index (χ1n) is 7.60. The number of likely N-dealkylation sites (tertiary alicyclic amines) is 1. The van der Waals surface area contributed by atoms with Gasteiger partial charge < -0.3 is 19.7 Å². The van der Waals surface area contributed by atoms with Crippen molar-refractivity contribution in [3.05, 3.63) is 30.3 Å². The van der Waals surface area contributed by atoms with Crippen molar-refractivity contribution in [1.82, 2.24) is 10.2 Å². The Morgan fingerprint density at radius 3 is 2.62 bits per heavy atom. The van der Waals surface area contributed by atoms with Gasteiger partial charge in [0.15, 0.2) is 6.61 Å². The van der Waals surface area contributed by atoms with Gasteiger partial charge in [-0.15, -0.1) is 0 Å². The van der Waals surface area contributed by atoms with E-state index in [0.717, 1.165) is 44.9 Å². The second kappa shape index (κ2) is 6.91. The summed E-state index contributed by atoms with van der Waals surface area (Å²) in [4.78, 5) is 13.8. The molecule has 2 aliphatic heterocycles. The van der Waals surface area contributed by atoms with Crippen LogP contribution >= 0.6 is 0 Å². The van der Waals surface area contributed by atoms with E-state index in [1.54, 1.807) is 0 Å². The summed E-state index contributed by atoms with van der Waals surface area (Å²) < 4.78 is 10.8. The van der Waals surface area contributed by atoms with E-state index in [1.165, 1.54) is 0 Å². The van der Waals surface area contributed by atoms with Crippen molar-refractivity contribution >= 4 is 5.91 Å². The smallest absolute Gasteiger partial charge is 0.260 e. The summed E-state index contributed by atoms with van der Waals surface area (Å²) in [6, 6.07) is 10.4. The van der Waals surface area contributed by atoms with Crippen LogP contribution in [0.4, 0.5) is 0 Å². The Labute approximate surface area is 125 Å². The average molecular weight is 290 g/mol. The molecule has 0 aliphatic carbocycles. The number of hydrogen-bond donors (Lipinski definition) is 1. The highest BCUT2D eigenvalue weighted by Crippen LogP contribution is 2.14. The Bertz CT molecular complexity index is 454. The third kappa shape index (κ3) is 3.95. The highest BCUT2D eigenvalue weighted by molar-refractivity contribution is 5.78. The lowest BCUT2D eigenvalue weighted by Crippen LogP contribution is -2.62. The molecule has 2 aliphatic rings. The predicted octanol–water partition coefficient (Wildman–Crippen LogP) is 1.04. The quantitative estimate of drug-likeness (QED) is 0.880. The lowest BCUT2D eigenvalue weighted by Gasteiger charge is -2.42. The minimum Gasteiger partial charge on any atom is -0.484 e. The second-order valence-electron chi connectivity index (χ2n) is 5.65. The van der Waals surface area contributed by atoms with E-state index in [9.17, 15) is 4.79 Å². The first-order chi connectivity index (χ1) is 10.3. The number of carbonyl (C=O) groups is 1. The van der Waals surface area contributed by atoms with Crippen molar-refractivity contribution < 1.29 is 14.3 Å². The van der Waals surface area contributed by atoms with Gasteiger partial charge in [-0.2, -0.15) is 0 Å². The van der Waals surface area contributed by atoms with Crippen molar-refractivity contribution in [3.8, 4) is 5.75 Å². The number of benzene rings is 1. The van der Waals surface area contributed by atoms with Crippen LogP contribution in [0.5, 0.6) is 5.75 Å². The normalized spacial score (nSPS) is 20.1. The zero-order valence-corrected chi connectivity index (χ0v) is 12.2. The van der Waals surface area contributed by atoms with Crippen molar-refractivity contribution in [3.63, 3.8) is 0 Å². The van der Waals surface area contributed by atoms with Crippen molar-refractivity contribution in [2.24, 2.45) is 0 Å². The fraction of sp³-hybridized carbons (Fsp3) is 0.562. The van der Waals surface area contributed by atoms with E-state index < -0.39 is 0 Å². The number of carbonyl (C=O) groups excluding carboxylic acids is 1. The van der Waals surface area contributed by atoms with Crippen LogP contribution in [-0.2, 0) is 9.53 Å². The molecule has 0 bridgehead atoms. The van der Waals surface area contributed by atoms with Gasteiger partial charge in [-0.05, 0) is 25.0 Å². The maximum Gasteiger partial charge on any atom is 0.260 e. The maximum absolute atomic E-state index is 12.0. The summed E-state index contributed by atoms with van der Waals surface area (Å²) in [5.41, 5.74) is 0. The van der Waals surface area contributed by atoms with E-state index in [4.69, 9.17) is 9.47 Å². The van der Waals surface area contributed by atoms with E-state index >= 15 is 0 Å². The van der Waals surface area contributed by atoms with Crippen molar-refractivity contribution in [1.29, 1.82) is 0 Å². The molecule has 2 fully saturated rings. The molecule has 3 rings (SSSR count). The molecule has 0 atom stereocenters. The van der Waals surface area contributed by atoms with Gasteiger partial charge in [-0.25, -0.2) is 0 Å². The number of nitrogens with one attached hydrogen (secondary N) is 1. The second-order valence-corrected chi connectivity index (χ2v) is 5.65. The maximum atomic E-state index is 12.0. The molecule has 0 radical (unpaired) electrons. The van der Waals surface area contributed by atoms with Crippen LogP contribution in [0.15, 0.2) is 30.3 Å². The van der Waals surface area contributed by atoms with Crippen LogP contribution < -0.4 is 10.1 Å². The van der Waals surface area contributed by atoms with Crippen molar-refractivity contribution in [2.75, 3.05) is 32.9 Å². The average Bonchev–Trinajstić information content (AvgIpc) is 2.50. The van der Waals surface area contributed by atoms with Gasteiger partial charge >= 0.3 is 0 Å². The highest BCUT2D eigenvalue weighted by Gasteiger charge is 2.32. The fourth-order valence-corrected chi connectivity index (χ4v) is 2.74. The molecule has 0 spiro atoms. The zero-order chi connectivity index (χ0) is 14.5. The number of ether oxygens (including phenoxy) is 2. The summed E-state index contributed by atoms with van der Waals surface area (Å²) in [5, 5.41) is 3.60. The summed E-state index contributed by atoms with van der Waals surface area (Å²) in [6.07, 6.45) is 2.14. The van der Waals surface area contributed by atoms with Gasteiger partial charge in [0.05, 0.1) is 0 Å². The molecular weight excluding hydrogens is 268 g/mol. The van der Waals surface area contributed by atoms with E-state index in [1.807, 2.05) is 35.2 Å². The Morgan fingerprint density at radius 2 is 1.90 bits per heavy atom. The molecule has 1 N–H and O–H groups in total. The van der Waals surface area contributed by atoms with Gasteiger partial charge in [0.2, 0.25) is 0 Å². The first-order valence-corrected chi connectivity index (χ1v) is 7.60. The summed E-state index contributed by atoms with van der Waals surface area (Å²) in [7, 11) is 0. The fourth-order valence-electron chi connectivity index (χ4n) is 2.74. The van der Waals surface area contributed by atoms with Crippen LogP contribution in [0.3, 0.4) is 0 Å². The largest absolute Gasteiger partial charge is 0.484 e. The number of rotatable bonds is 5. The lowest BCUT2D eigenvalue weighted by atomic mass is 10.0. The van der Waals surface area contributed by atoms with E-state index in [2.05, 4.69) is 5.32 Å². The molecule has 2 saturated heterocycles. The molecule has 1 aromatic rings. The number of amides is 1. The molecule has 0 aromatic heterocycles. The molecule has 5 nitrogen and oxygen atoms in total. The van der Waals surface area contributed by atoms with Crippen LogP contribution in [-0.4, -0.2) is 55.8 Å². The Hall–Kier alpha value is -1.59. The third-order valence-corrected chi connectivity index (χ3v) is 4.03. The number of para-hydroxylation sites is 1. The van der Waals surface area contributed by atoms with E-state index in [-0.39, 0.29) is 12.5 Å². The van der Waals surface area contributed by atoms with Crippen LogP contribution in [0.2, 0.25) is 0 Å². The first kappa shape index (κ1) is 14.4. The minimum absolute atomic E-state index is 0.0591. The van der Waals surface area contributed by atoms with Crippen molar-refractivity contribution in [2.45, 2.75) is 24.9 Å². The van der Waals surface area contributed by atoms with Gasteiger partial charge in [0, 0.05) is 38.4 Å². The Balaban J connectivity index is 1.34. The Kier molecular flexibility index (Phi) is 4.72. The topological polar surface area (TPSA) is 50.8 Å². The molecule has 0 unspecified atom stereocenters. The molecule has 0 saturated carbocycles. The monoisotopic (exact) mass is 290 g/mol. The molecule has 2 heterocycles.